The molecule has 0 bridgehead atoms. The van der Waals surface area contributed by atoms with Gasteiger partial charge in [0, 0.05) is 17.8 Å². The van der Waals surface area contributed by atoms with Crippen molar-refractivity contribution >= 4 is 17.6 Å². The maximum atomic E-state index is 12.7. The highest BCUT2D eigenvalue weighted by Crippen LogP contribution is 2.29. The number of nitro groups is 1. The molecular weight excluding hydrogens is 422 g/mol. The summed E-state index contributed by atoms with van der Waals surface area (Å²) in [6.07, 6.45) is 0. The van der Waals surface area contributed by atoms with Crippen molar-refractivity contribution in [2.24, 2.45) is 0 Å². The molecule has 11 nitrogen and oxygen atoms in total. The van der Waals surface area contributed by atoms with Gasteiger partial charge in [-0.25, -0.2) is 14.3 Å². The molecule has 0 saturated heterocycles. The predicted molar refractivity (Wildman–Crippen MR) is 111 cm³/mol. The number of nitro benzene ring substituents is 1. The van der Waals surface area contributed by atoms with Crippen molar-refractivity contribution in [2.75, 3.05) is 14.2 Å². The number of esters is 2. The Balaban J connectivity index is 2.02. The van der Waals surface area contributed by atoms with E-state index in [9.17, 15) is 24.5 Å². The van der Waals surface area contributed by atoms with Gasteiger partial charge in [0.2, 0.25) is 11.1 Å². The topological polar surface area (TPSA) is 140 Å². The van der Waals surface area contributed by atoms with E-state index in [1.807, 2.05) is 0 Å². The summed E-state index contributed by atoms with van der Waals surface area (Å²) in [4.78, 5) is 47.6. The van der Waals surface area contributed by atoms with Crippen molar-refractivity contribution in [1.29, 1.82) is 0 Å². The van der Waals surface area contributed by atoms with Gasteiger partial charge < -0.3 is 14.2 Å². The minimum atomic E-state index is -1.11. The molecule has 2 aromatic carbocycles. The Morgan fingerprint density at radius 2 is 1.75 bits per heavy atom. The SMILES string of the molecule is COC(=O)c1ccc(OC(=O)c2nn(-c3ccccc3[N+](=O)[O-])c(C)cc2=O)c(OC)c1. The monoisotopic (exact) mass is 439 g/mol. The third-order valence-corrected chi connectivity index (χ3v) is 4.39. The van der Waals surface area contributed by atoms with Crippen LogP contribution in [-0.2, 0) is 4.74 Å². The minimum Gasteiger partial charge on any atom is -0.493 e. The Morgan fingerprint density at radius 1 is 1.03 bits per heavy atom. The molecule has 1 heterocycles. The lowest BCUT2D eigenvalue weighted by Crippen LogP contribution is -2.26. The molecule has 11 heteroatoms. The molecule has 0 spiro atoms. The molecule has 3 rings (SSSR count). The van der Waals surface area contributed by atoms with Gasteiger partial charge in [0.1, 0.15) is 5.69 Å². The van der Waals surface area contributed by atoms with Crippen LogP contribution in [0.15, 0.2) is 53.3 Å². The number of nitrogens with zero attached hydrogens (tertiary/aromatic N) is 3. The second-order valence-electron chi connectivity index (χ2n) is 6.40. The van der Waals surface area contributed by atoms with Crippen molar-refractivity contribution in [1.82, 2.24) is 9.78 Å². The number of ether oxygens (including phenoxy) is 3. The fourth-order valence-electron chi connectivity index (χ4n) is 2.88. The highest BCUT2D eigenvalue weighted by molar-refractivity contribution is 5.91. The molecule has 0 aliphatic rings. The Bertz CT molecular complexity index is 1280. The molecule has 0 fully saturated rings. The number of benzene rings is 2. The number of hydrogen-bond donors (Lipinski definition) is 0. The standard InChI is InChI=1S/C21H17N3O8/c1-12-10-16(25)19(22-23(12)14-6-4-5-7-15(14)24(28)29)21(27)32-17-9-8-13(20(26)31-3)11-18(17)30-2/h4-11H,1-3H3. The van der Waals surface area contributed by atoms with Crippen molar-refractivity contribution in [3.63, 3.8) is 0 Å². The lowest BCUT2D eigenvalue weighted by Gasteiger charge is -2.12. The second-order valence-corrected chi connectivity index (χ2v) is 6.40. The summed E-state index contributed by atoms with van der Waals surface area (Å²) in [5.41, 5.74) is -1.06. The molecule has 3 aromatic rings. The van der Waals surface area contributed by atoms with E-state index in [4.69, 9.17) is 9.47 Å². The molecule has 164 valence electrons. The number of para-hydroxylation sites is 2. The molecule has 0 aliphatic heterocycles. The van der Waals surface area contributed by atoms with E-state index in [1.165, 1.54) is 57.5 Å². The lowest BCUT2D eigenvalue weighted by molar-refractivity contribution is -0.384. The third-order valence-electron chi connectivity index (χ3n) is 4.39. The molecule has 0 N–H and O–H groups in total. The molecule has 0 saturated carbocycles. The van der Waals surface area contributed by atoms with Crippen LogP contribution in [0.25, 0.3) is 5.69 Å². The van der Waals surface area contributed by atoms with Crippen LogP contribution in [-0.4, -0.2) is 40.9 Å². The molecule has 0 radical (unpaired) electrons. The Labute approximate surface area is 180 Å². The summed E-state index contributed by atoms with van der Waals surface area (Å²) >= 11 is 0. The quantitative estimate of drug-likeness (QED) is 0.245. The molecule has 0 aliphatic carbocycles. The maximum absolute atomic E-state index is 12.7. The summed E-state index contributed by atoms with van der Waals surface area (Å²) in [5.74, 6) is -1.74. The van der Waals surface area contributed by atoms with E-state index in [2.05, 4.69) is 9.84 Å². The molecule has 0 atom stereocenters. The van der Waals surface area contributed by atoms with E-state index in [-0.39, 0.29) is 34.1 Å². The highest BCUT2D eigenvalue weighted by Gasteiger charge is 2.23. The van der Waals surface area contributed by atoms with Gasteiger partial charge in [0.05, 0.1) is 24.7 Å². The second kappa shape index (κ2) is 9.08. The van der Waals surface area contributed by atoms with Gasteiger partial charge in [0.15, 0.2) is 11.5 Å². The molecule has 1 aromatic heterocycles. The van der Waals surface area contributed by atoms with Gasteiger partial charge in [-0.15, -0.1) is 0 Å². The van der Waals surface area contributed by atoms with Gasteiger partial charge in [-0.05, 0) is 31.2 Å². The largest absolute Gasteiger partial charge is 0.493 e. The number of carbonyl (C=O) groups excluding carboxylic acids is 2. The normalized spacial score (nSPS) is 10.3. The van der Waals surface area contributed by atoms with Gasteiger partial charge >= 0.3 is 11.9 Å². The first-order chi connectivity index (χ1) is 15.3. The number of aromatic nitrogens is 2. The Hall–Kier alpha value is -4.54. The minimum absolute atomic E-state index is 0.0485. The first-order valence-corrected chi connectivity index (χ1v) is 9.10. The average Bonchev–Trinajstić information content (AvgIpc) is 2.78. The van der Waals surface area contributed by atoms with Crippen LogP contribution in [0.3, 0.4) is 0 Å². The number of carbonyl (C=O) groups is 2. The van der Waals surface area contributed by atoms with Crippen LogP contribution in [0.5, 0.6) is 11.5 Å². The van der Waals surface area contributed by atoms with Crippen LogP contribution in [0.4, 0.5) is 5.69 Å². The van der Waals surface area contributed by atoms with Crippen molar-refractivity contribution in [3.8, 4) is 17.2 Å². The third kappa shape index (κ3) is 4.31. The van der Waals surface area contributed by atoms with Crippen molar-refractivity contribution in [3.05, 3.63) is 85.8 Å². The van der Waals surface area contributed by atoms with E-state index in [1.54, 1.807) is 6.07 Å². The smallest absolute Gasteiger partial charge is 0.368 e. The van der Waals surface area contributed by atoms with Crippen LogP contribution >= 0.6 is 0 Å². The number of hydrogen-bond acceptors (Lipinski definition) is 9. The van der Waals surface area contributed by atoms with Gasteiger partial charge in [0.25, 0.3) is 5.69 Å². The zero-order valence-corrected chi connectivity index (χ0v) is 17.2. The maximum Gasteiger partial charge on any atom is 0.368 e. The van der Waals surface area contributed by atoms with E-state index in [0.29, 0.717) is 0 Å². The first-order valence-electron chi connectivity index (χ1n) is 9.10. The summed E-state index contributed by atoms with van der Waals surface area (Å²) in [7, 11) is 2.52. The van der Waals surface area contributed by atoms with Crippen LogP contribution < -0.4 is 14.9 Å². The first kappa shape index (κ1) is 22.2. The highest BCUT2D eigenvalue weighted by atomic mass is 16.6. The summed E-state index contributed by atoms with van der Waals surface area (Å²) < 4.78 is 16.1. The van der Waals surface area contributed by atoms with Crippen molar-refractivity contribution in [2.45, 2.75) is 6.92 Å². The van der Waals surface area contributed by atoms with Crippen LogP contribution in [0.2, 0.25) is 0 Å². The van der Waals surface area contributed by atoms with E-state index >= 15 is 0 Å². The summed E-state index contributed by atoms with van der Waals surface area (Å²) in [6, 6.07) is 10.8. The van der Waals surface area contributed by atoms with Gasteiger partial charge in [-0.3, -0.25) is 14.9 Å². The van der Waals surface area contributed by atoms with Crippen molar-refractivity contribution < 1.29 is 28.7 Å². The van der Waals surface area contributed by atoms with Crippen LogP contribution in [0, 0.1) is 17.0 Å². The van der Waals surface area contributed by atoms with Gasteiger partial charge in [-0.1, -0.05) is 12.1 Å². The number of aryl methyl sites for hydroxylation is 1. The van der Waals surface area contributed by atoms with Gasteiger partial charge in [-0.2, -0.15) is 5.10 Å². The fourth-order valence-corrected chi connectivity index (χ4v) is 2.88. The van der Waals surface area contributed by atoms with Crippen LogP contribution in [0.1, 0.15) is 26.5 Å². The lowest BCUT2D eigenvalue weighted by atomic mass is 10.2. The Kier molecular flexibility index (Phi) is 6.29. The zero-order valence-electron chi connectivity index (χ0n) is 17.2. The number of rotatable bonds is 6. The molecular formula is C21H17N3O8. The molecule has 0 unspecified atom stereocenters. The average molecular weight is 439 g/mol. The number of methoxy groups -OCH3 is 2. The summed E-state index contributed by atoms with van der Waals surface area (Å²) in [5, 5.41) is 15.4. The summed E-state index contributed by atoms with van der Waals surface area (Å²) in [6.45, 7) is 1.52. The van der Waals surface area contributed by atoms with E-state index in [0.717, 1.165) is 10.7 Å². The Morgan fingerprint density at radius 3 is 2.41 bits per heavy atom. The molecule has 32 heavy (non-hydrogen) atoms. The fraction of sp³-hybridized carbons (Fsp3) is 0.143. The molecule has 0 amide bonds. The van der Waals surface area contributed by atoms with E-state index < -0.39 is 28.0 Å². The predicted octanol–water partition coefficient (Wildman–Crippen LogP) is 2.46. The zero-order chi connectivity index (χ0) is 23.4.